The van der Waals surface area contributed by atoms with Crippen LogP contribution in [0.25, 0.3) is 0 Å². The molecule has 4 nitrogen and oxygen atoms in total. The van der Waals surface area contributed by atoms with Crippen LogP contribution >= 0.6 is 11.6 Å². The van der Waals surface area contributed by atoms with Crippen LogP contribution in [0.5, 0.6) is 5.75 Å². The van der Waals surface area contributed by atoms with Crippen LogP contribution in [0.3, 0.4) is 0 Å². The van der Waals surface area contributed by atoms with Gasteiger partial charge < -0.3 is 15.4 Å². The predicted molar refractivity (Wildman–Crippen MR) is 82.7 cm³/mol. The van der Waals surface area contributed by atoms with E-state index in [-0.39, 0.29) is 11.6 Å². The largest absolute Gasteiger partial charge is 0.492 e. The van der Waals surface area contributed by atoms with Crippen molar-refractivity contribution in [2.24, 2.45) is 0 Å². The van der Waals surface area contributed by atoms with Gasteiger partial charge in [0, 0.05) is 10.6 Å². The number of carbonyl (C=O) groups excluding carboxylic acids is 1. The van der Waals surface area contributed by atoms with E-state index in [4.69, 9.17) is 16.3 Å². The monoisotopic (exact) mass is 298 g/mol. The first-order valence-electron chi connectivity index (χ1n) is 6.64. The van der Waals surface area contributed by atoms with E-state index in [1.165, 1.54) is 0 Å². The van der Waals surface area contributed by atoms with Crippen LogP contribution in [0.15, 0.2) is 12.1 Å². The molecule has 0 aliphatic carbocycles. The lowest BCUT2D eigenvalue weighted by molar-refractivity contribution is 0.228. The molecule has 0 atom stereocenters. The minimum absolute atomic E-state index is 0.190. The molecule has 0 aliphatic heterocycles. The van der Waals surface area contributed by atoms with Gasteiger partial charge in [0.05, 0.1) is 6.54 Å². The van der Waals surface area contributed by atoms with Gasteiger partial charge in [0.1, 0.15) is 12.4 Å². The topological polar surface area (TPSA) is 50.4 Å². The minimum Gasteiger partial charge on any atom is -0.492 e. The van der Waals surface area contributed by atoms with Crippen LogP contribution in [0.2, 0.25) is 5.02 Å². The highest BCUT2D eigenvalue weighted by Crippen LogP contribution is 2.25. The van der Waals surface area contributed by atoms with E-state index in [0.29, 0.717) is 13.2 Å². The van der Waals surface area contributed by atoms with Crippen molar-refractivity contribution < 1.29 is 9.53 Å². The van der Waals surface area contributed by atoms with Crippen LogP contribution in [0, 0.1) is 13.8 Å². The summed E-state index contributed by atoms with van der Waals surface area (Å²) >= 11 is 6.09. The van der Waals surface area contributed by atoms with Gasteiger partial charge in [-0.2, -0.15) is 0 Å². The smallest absolute Gasteiger partial charge is 0.315 e. The van der Waals surface area contributed by atoms with Gasteiger partial charge in [-0.3, -0.25) is 0 Å². The Hall–Kier alpha value is -1.42. The number of nitrogens with one attached hydrogen (secondary N) is 2. The molecular formula is C15H23ClN2O2. The fraction of sp³-hybridized carbons (Fsp3) is 0.533. The van der Waals surface area contributed by atoms with Gasteiger partial charge in [-0.05, 0) is 57.9 Å². The molecule has 0 heterocycles. The summed E-state index contributed by atoms with van der Waals surface area (Å²) in [6.45, 7) is 10.5. The molecule has 0 unspecified atom stereocenters. The summed E-state index contributed by atoms with van der Waals surface area (Å²) in [7, 11) is 0. The average Bonchev–Trinajstić information content (AvgIpc) is 2.29. The van der Waals surface area contributed by atoms with Gasteiger partial charge in [-0.1, -0.05) is 11.6 Å². The van der Waals surface area contributed by atoms with Gasteiger partial charge >= 0.3 is 6.03 Å². The number of hydrogen-bond donors (Lipinski definition) is 2. The van der Waals surface area contributed by atoms with Crippen molar-refractivity contribution in [3.63, 3.8) is 0 Å². The molecule has 0 saturated heterocycles. The SMILES string of the molecule is Cc1cc(OCCNC(=O)NC(C)(C)C)cc(C)c1Cl. The van der Waals surface area contributed by atoms with Crippen LogP contribution in [0.1, 0.15) is 31.9 Å². The number of benzene rings is 1. The molecular weight excluding hydrogens is 276 g/mol. The van der Waals surface area contributed by atoms with E-state index in [0.717, 1.165) is 21.9 Å². The summed E-state index contributed by atoms with van der Waals surface area (Å²) in [4.78, 5) is 11.5. The minimum atomic E-state index is -0.241. The van der Waals surface area contributed by atoms with Gasteiger partial charge in [0.15, 0.2) is 0 Å². The maximum absolute atomic E-state index is 11.5. The van der Waals surface area contributed by atoms with Crippen molar-refractivity contribution in [2.45, 2.75) is 40.2 Å². The summed E-state index contributed by atoms with van der Waals surface area (Å²) in [5, 5.41) is 6.33. The van der Waals surface area contributed by atoms with Crippen molar-refractivity contribution in [2.75, 3.05) is 13.2 Å². The number of amides is 2. The second kappa shape index (κ2) is 6.84. The third-order valence-electron chi connectivity index (χ3n) is 2.55. The maximum Gasteiger partial charge on any atom is 0.315 e. The molecule has 0 radical (unpaired) electrons. The Morgan fingerprint density at radius 3 is 2.30 bits per heavy atom. The third-order valence-corrected chi connectivity index (χ3v) is 3.15. The average molecular weight is 299 g/mol. The first-order valence-corrected chi connectivity index (χ1v) is 7.02. The summed E-state index contributed by atoms with van der Waals surface area (Å²) in [5.74, 6) is 0.766. The summed E-state index contributed by atoms with van der Waals surface area (Å²) < 4.78 is 5.60. The van der Waals surface area contributed by atoms with E-state index in [9.17, 15) is 4.79 Å². The fourth-order valence-corrected chi connectivity index (χ4v) is 1.82. The molecule has 112 valence electrons. The summed E-state index contributed by atoms with van der Waals surface area (Å²) in [5.41, 5.74) is 1.73. The number of aryl methyl sites for hydroxylation is 2. The number of carbonyl (C=O) groups is 1. The molecule has 0 fully saturated rings. The van der Waals surface area contributed by atoms with E-state index in [1.807, 2.05) is 46.8 Å². The number of rotatable bonds is 4. The van der Waals surface area contributed by atoms with Crippen molar-refractivity contribution in [1.82, 2.24) is 10.6 Å². The van der Waals surface area contributed by atoms with Crippen molar-refractivity contribution in [3.05, 3.63) is 28.3 Å². The number of urea groups is 1. The van der Waals surface area contributed by atoms with Gasteiger partial charge in [0.2, 0.25) is 0 Å². The Morgan fingerprint density at radius 1 is 1.25 bits per heavy atom. The number of hydrogen-bond acceptors (Lipinski definition) is 2. The zero-order chi connectivity index (χ0) is 15.3. The normalized spacial score (nSPS) is 11.1. The standard InChI is InChI=1S/C15H23ClN2O2/c1-10-8-12(9-11(2)13(10)16)20-7-6-17-14(19)18-15(3,4)5/h8-9H,6-7H2,1-5H3,(H2,17,18,19). The molecule has 2 N–H and O–H groups in total. The van der Waals surface area contributed by atoms with Crippen LogP contribution in [-0.4, -0.2) is 24.7 Å². The van der Waals surface area contributed by atoms with E-state index >= 15 is 0 Å². The highest BCUT2D eigenvalue weighted by atomic mass is 35.5. The molecule has 1 rings (SSSR count). The number of halogens is 1. The molecule has 0 bridgehead atoms. The second-order valence-electron chi connectivity index (χ2n) is 5.85. The Balaban J connectivity index is 2.37. The molecule has 1 aromatic rings. The molecule has 1 aromatic carbocycles. The van der Waals surface area contributed by atoms with E-state index in [1.54, 1.807) is 0 Å². The molecule has 0 aromatic heterocycles. The molecule has 0 spiro atoms. The van der Waals surface area contributed by atoms with Crippen LogP contribution in [0.4, 0.5) is 4.79 Å². The molecule has 0 saturated carbocycles. The van der Waals surface area contributed by atoms with Gasteiger partial charge in [-0.25, -0.2) is 4.79 Å². The van der Waals surface area contributed by atoms with Crippen molar-refractivity contribution >= 4 is 17.6 Å². The second-order valence-corrected chi connectivity index (χ2v) is 6.23. The number of ether oxygens (including phenoxy) is 1. The maximum atomic E-state index is 11.5. The zero-order valence-electron chi connectivity index (χ0n) is 12.8. The third kappa shape index (κ3) is 5.70. The molecule has 5 heteroatoms. The van der Waals surface area contributed by atoms with E-state index in [2.05, 4.69) is 10.6 Å². The predicted octanol–water partition coefficient (Wildman–Crippen LogP) is 3.43. The Kier molecular flexibility index (Phi) is 5.69. The Labute approximate surface area is 125 Å². The van der Waals surface area contributed by atoms with Crippen molar-refractivity contribution in [3.8, 4) is 5.75 Å². The van der Waals surface area contributed by atoms with Gasteiger partial charge in [0.25, 0.3) is 0 Å². The lowest BCUT2D eigenvalue weighted by Crippen LogP contribution is -2.47. The Bertz CT molecular complexity index is 458. The lowest BCUT2D eigenvalue weighted by atomic mass is 10.1. The van der Waals surface area contributed by atoms with Gasteiger partial charge in [-0.15, -0.1) is 0 Å². The summed E-state index contributed by atoms with van der Waals surface area (Å²) in [6.07, 6.45) is 0. The first kappa shape index (κ1) is 16.6. The van der Waals surface area contributed by atoms with Crippen LogP contribution < -0.4 is 15.4 Å². The first-order chi connectivity index (χ1) is 9.19. The van der Waals surface area contributed by atoms with Crippen molar-refractivity contribution in [1.29, 1.82) is 0 Å². The molecule has 0 aliphatic rings. The molecule has 2 amide bonds. The summed E-state index contributed by atoms with van der Waals surface area (Å²) in [6, 6.07) is 3.60. The molecule has 20 heavy (non-hydrogen) atoms. The zero-order valence-corrected chi connectivity index (χ0v) is 13.5. The lowest BCUT2D eigenvalue weighted by Gasteiger charge is -2.20. The fourth-order valence-electron chi connectivity index (χ4n) is 1.71. The highest BCUT2D eigenvalue weighted by Gasteiger charge is 2.12. The van der Waals surface area contributed by atoms with E-state index < -0.39 is 0 Å². The van der Waals surface area contributed by atoms with Crippen LogP contribution in [-0.2, 0) is 0 Å². The highest BCUT2D eigenvalue weighted by molar-refractivity contribution is 6.32. The quantitative estimate of drug-likeness (QED) is 0.837. The Morgan fingerprint density at radius 2 is 1.80 bits per heavy atom.